The number of fused-ring (bicyclic) bond motifs is 1. The van der Waals surface area contributed by atoms with E-state index in [1.54, 1.807) is 63.6 Å². The van der Waals surface area contributed by atoms with Crippen molar-refractivity contribution in [2.24, 2.45) is 0 Å². The number of sulfonamides is 1. The average Bonchev–Trinajstić information content (AvgIpc) is 3.12. The third-order valence-corrected chi connectivity index (χ3v) is 7.37. The summed E-state index contributed by atoms with van der Waals surface area (Å²) in [4.78, 5) is 35.4. The minimum absolute atomic E-state index is 0. The van der Waals surface area contributed by atoms with Gasteiger partial charge in [-0.2, -0.15) is 0 Å². The van der Waals surface area contributed by atoms with Gasteiger partial charge in [0.1, 0.15) is 22.6 Å². The number of unbranched alkanes of at least 4 members (excludes halogenated alkanes) is 2. The van der Waals surface area contributed by atoms with Gasteiger partial charge in [-0.25, -0.2) is 27.9 Å². The number of carbonyl (C=O) groups is 2. The number of pyridine rings is 1. The summed E-state index contributed by atoms with van der Waals surface area (Å²) in [6.45, 7) is 9.45. The van der Waals surface area contributed by atoms with Crippen LogP contribution >= 0.6 is 11.6 Å². The molecule has 0 unspecified atom stereocenters. The SMILES string of the molecule is CCCCCS(=O)(=O)NC(=O)c1ccc2nc(C)n(Cc3ccc(N(C)C(=O)OC(C)(C)C)cc3Cl)c2n1.[Na]. The average molecular weight is 587 g/mol. The van der Waals surface area contributed by atoms with Crippen LogP contribution in [0.2, 0.25) is 5.02 Å². The molecule has 0 atom stereocenters. The van der Waals surface area contributed by atoms with E-state index >= 15 is 0 Å². The molecule has 3 rings (SSSR count). The molecule has 2 amide bonds. The Hall–Kier alpha value is -2.18. The number of aromatic nitrogens is 3. The zero-order valence-corrected chi connectivity index (χ0v) is 27.1. The molecule has 2 heterocycles. The number of nitrogens with zero attached hydrogens (tertiary/aromatic N) is 4. The van der Waals surface area contributed by atoms with Crippen molar-refractivity contribution in [3.63, 3.8) is 0 Å². The maximum absolute atomic E-state index is 12.7. The molecule has 13 heteroatoms. The molecule has 0 saturated heterocycles. The second kappa shape index (κ2) is 13.5. The summed E-state index contributed by atoms with van der Waals surface area (Å²) in [5.41, 5.74) is 1.63. The molecule has 0 aliphatic heterocycles. The first-order valence-corrected chi connectivity index (χ1v) is 14.4. The summed E-state index contributed by atoms with van der Waals surface area (Å²) >= 11 is 6.57. The zero-order chi connectivity index (χ0) is 28.3. The fourth-order valence-electron chi connectivity index (χ4n) is 3.70. The van der Waals surface area contributed by atoms with Gasteiger partial charge in [0.2, 0.25) is 10.0 Å². The molecule has 0 bridgehead atoms. The van der Waals surface area contributed by atoms with Crippen LogP contribution in [0.1, 0.15) is 68.8 Å². The van der Waals surface area contributed by atoms with Crippen LogP contribution in [0.3, 0.4) is 0 Å². The Labute approximate surface area is 256 Å². The predicted molar refractivity (Wildman–Crippen MR) is 154 cm³/mol. The molecule has 1 N–H and O–H groups in total. The molecule has 39 heavy (non-hydrogen) atoms. The number of hydrogen-bond acceptors (Lipinski definition) is 7. The van der Waals surface area contributed by atoms with E-state index in [4.69, 9.17) is 16.3 Å². The number of anilines is 1. The van der Waals surface area contributed by atoms with Gasteiger partial charge in [-0.3, -0.25) is 9.69 Å². The van der Waals surface area contributed by atoms with Gasteiger partial charge in [0, 0.05) is 47.3 Å². The van der Waals surface area contributed by atoms with Gasteiger partial charge in [-0.15, -0.1) is 0 Å². The Morgan fingerprint density at radius 3 is 2.44 bits per heavy atom. The Morgan fingerprint density at radius 1 is 1.13 bits per heavy atom. The van der Waals surface area contributed by atoms with Crippen molar-refractivity contribution < 1.29 is 22.7 Å². The van der Waals surface area contributed by atoms with Crippen molar-refractivity contribution >= 4 is 80.0 Å². The summed E-state index contributed by atoms with van der Waals surface area (Å²) < 4.78 is 33.8. The van der Waals surface area contributed by atoms with Crippen molar-refractivity contribution in [2.45, 2.75) is 66.0 Å². The molecule has 207 valence electrons. The number of imidazole rings is 1. The monoisotopic (exact) mass is 586 g/mol. The van der Waals surface area contributed by atoms with Gasteiger partial charge in [-0.1, -0.05) is 37.4 Å². The smallest absolute Gasteiger partial charge is 0.414 e. The first-order chi connectivity index (χ1) is 17.7. The minimum Gasteiger partial charge on any atom is -0.443 e. The van der Waals surface area contributed by atoms with E-state index in [-0.39, 0.29) is 41.0 Å². The van der Waals surface area contributed by atoms with Gasteiger partial charge in [0.05, 0.1) is 12.3 Å². The fraction of sp³-hybridized carbons (Fsp3) is 0.462. The largest absolute Gasteiger partial charge is 0.443 e. The molecule has 3 aromatic rings. The van der Waals surface area contributed by atoms with E-state index in [1.165, 1.54) is 11.0 Å². The summed E-state index contributed by atoms with van der Waals surface area (Å²) in [6.07, 6.45) is 1.61. The van der Waals surface area contributed by atoms with Crippen LogP contribution in [-0.4, -0.2) is 82.9 Å². The number of benzene rings is 1. The number of nitrogens with one attached hydrogen (secondary N) is 1. The summed E-state index contributed by atoms with van der Waals surface area (Å²) in [5, 5.41) is 0.422. The van der Waals surface area contributed by atoms with E-state index in [9.17, 15) is 18.0 Å². The van der Waals surface area contributed by atoms with Gasteiger partial charge >= 0.3 is 6.09 Å². The zero-order valence-electron chi connectivity index (χ0n) is 23.5. The van der Waals surface area contributed by atoms with Crippen molar-refractivity contribution in [2.75, 3.05) is 17.7 Å². The number of hydrogen-bond donors (Lipinski definition) is 1. The third kappa shape index (κ3) is 8.91. The summed E-state index contributed by atoms with van der Waals surface area (Å²) in [5.74, 6) is -0.270. The van der Waals surface area contributed by atoms with Crippen LogP contribution in [0.25, 0.3) is 11.2 Å². The topological polar surface area (TPSA) is 123 Å². The molecule has 0 spiro atoms. The van der Waals surface area contributed by atoms with Gasteiger partial charge in [0.15, 0.2) is 5.65 Å². The van der Waals surface area contributed by atoms with Crippen LogP contribution in [0.5, 0.6) is 0 Å². The predicted octanol–water partition coefficient (Wildman–Crippen LogP) is 4.68. The number of halogens is 1. The molecule has 1 radical (unpaired) electrons. The molecule has 0 aliphatic rings. The van der Waals surface area contributed by atoms with Crippen LogP contribution in [0.4, 0.5) is 10.5 Å². The molecular weight excluding hydrogens is 553 g/mol. The van der Waals surface area contributed by atoms with E-state index in [0.29, 0.717) is 40.7 Å². The Bertz CT molecular complexity index is 1450. The number of carbonyl (C=O) groups excluding carboxylic acids is 2. The van der Waals surface area contributed by atoms with E-state index < -0.39 is 27.6 Å². The van der Waals surface area contributed by atoms with Crippen LogP contribution in [0, 0.1) is 6.92 Å². The van der Waals surface area contributed by atoms with E-state index in [2.05, 4.69) is 14.7 Å². The minimum atomic E-state index is -3.76. The van der Waals surface area contributed by atoms with E-state index in [1.807, 2.05) is 6.92 Å². The van der Waals surface area contributed by atoms with Crippen molar-refractivity contribution in [1.29, 1.82) is 0 Å². The van der Waals surface area contributed by atoms with E-state index in [0.717, 1.165) is 18.4 Å². The molecule has 10 nitrogen and oxygen atoms in total. The molecule has 2 aromatic heterocycles. The molecule has 0 aliphatic carbocycles. The number of amides is 2. The van der Waals surface area contributed by atoms with Crippen molar-refractivity contribution in [3.8, 4) is 0 Å². The van der Waals surface area contributed by atoms with Crippen molar-refractivity contribution in [3.05, 3.63) is 52.4 Å². The normalized spacial score (nSPS) is 11.7. The first-order valence-electron chi connectivity index (χ1n) is 12.3. The summed E-state index contributed by atoms with van der Waals surface area (Å²) in [6, 6.07) is 8.30. The van der Waals surface area contributed by atoms with Crippen molar-refractivity contribution in [1.82, 2.24) is 19.3 Å². The quantitative estimate of drug-likeness (QED) is 0.285. The summed E-state index contributed by atoms with van der Waals surface area (Å²) in [7, 11) is -2.15. The molecular formula is C26H34ClN5NaO5S. The Balaban J connectivity index is 0.00000533. The Morgan fingerprint density at radius 2 is 1.82 bits per heavy atom. The van der Waals surface area contributed by atoms with Crippen LogP contribution in [-0.2, 0) is 21.3 Å². The van der Waals surface area contributed by atoms with Gasteiger partial charge in [-0.05, 0) is 63.9 Å². The second-order valence-electron chi connectivity index (χ2n) is 10.1. The number of rotatable bonds is 9. The van der Waals surface area contributed by atoms with Crippen LogP contribution < -0.4 is 9.62 Å². The molecule has 0 fully saturated rings. The number of ether oxygens (including phenoxy) is 1. The number of aryl methyl sites for hydroxylation is 1. The Kier molecular flexibility index (Phi) is 11.4. The standard InChI is InChI=1S/C26H34ClN5O5S.Na/c1-7-8-9-14-38(35,36)30-24(33)22-13-12-21-23(29-22)32(17(2)28-21)16-18-10-11-19(15-20(18)27)31(6)25(34)37-26(3,4)5;/h10-13,15H,7-9,14,16H2,1-6H3,(H,30,33);. The van der Waals surface area contributed by atoms with Gasteiger partial charge in [0.25, 0.3) is 5.91 Å². The second-order valence-corrected chi connectivity index (χ2v) is 12.3. The molecule has 0 saturated carbocycles. The fourth-order valence-corrected chi connectivity index (χ4v) is 5.00. The maximum Gasteiger partial charge on any atom is 0.414 e. The first kappa shape index (κ1) is 33.0. The maximum atomic E-state index is 12.7. The van der Waals surface area contributed by atoms with Gasteiger partial charge < -0.3 is 9.30 Å². The molecule has 1 aromatic carbocycles. The van der Waals surface area contributed by atoms with Crippen LogP contribution in [0.15, 0.2) is 30.3 Å². The third-order valence-electron chi connectivity index (χ3n) is 5.70.